The zero-order chi connectivity index (χ0) is 15.2. The average molecular weight is 331 g/mol. The summed E-state index contributed by atoms with van der Waals surface area (Å²) in [5.41, 5.74) is 5.20. The molecule has 1 heterocycles. The van der Waals surface area contributed by atoms with Crippen LogP contribution in [0, 0.1) is 0 Å². The van der Waals surface area contributed by atoms with Crippen LogP contribution in [0.25, 0.3) is 0 Å². The molecule has 1 aliphatic rings. The van der Waals surface area contributed by atoms with Gasteiger partial charge in [-0.1, -0.05) is 48.5 Å². The number of halogens is 1. The molecule has 0 spiro atoms. The normalized spacial score (nSPS) is 12.3. The van der Waals surface area contributed by atoms with Crippen LogP contribution < -0.4 is 10.6 Å². The maximum absolute atomic E-state index is 11.9. The fourth-order valence-corrected chi connectivity index (χ4v) is 2.84. The van der Waals surface area contributed by atoms with Gasteiger partial charge in [-0.15, -0.1) is 12.4 Å². The van der Waals surface area contributed by atoms with E-state index in [1.165, 1.54) is 22.3 Å². The zero-order valence-electron chi connectivity index (χ0n) is 13.2. The molecule has 1 amide bonds. The van der Waals surface area contributed by atoms with Gasteiger partial charge in [-0.25, -0.2) is 0 Å². The molecule has 3 rings (SSSR count). The topological polar surface area (TPSA) is 41.1 Å². The average Bonchev–Trinajstić information content (AvgIpc) is 3.01. The molecule has 1 aliphatic heterocycles. The molecule has 0 radical (unpaired) electrons. The molecule has 2 aromatic carbocycles. The molecule has 0 fully saturated rings. The van der Waals surface area contributed by atoms with Gasteiger partial charge in [-0.05, 0) is 35.1 Å². The first-order valence-electron chi connectivity index (χ1n) is 7.93. The third-order valence-corrected chi connectivity index (χ3v) is 4.10. The Morgan fingerprint density at radius 2 is 1.78 bits per heavy atom. The number of rotatable bonds is 6. The lowest BCUT2D eigenvalue weighted by Gasteiger charge is -2.07. The Morgan fingerprint density at radius 1 is 1.00 bits per heavy atom. The fourth-order valence-electron chi connectivity index (χ4n) is 2.84. The first-order chi connectivity index (χ1) is 10.8. The van der Waals surface area contributed by atoms with Crippen LogP contribution >= 0.6 is 12.4 Å². The Balaban J connectivity index is 0.00000192. The van der Waals surface area contributed by atoms with Crippen LogP contribution in [0.3, 0.4) is 0 Å². The Hall–Kier alpha value is -1.84. The highest BCUT2D eigenvalue weighted by atomic mass is 35.5. The van der Waals surface area contributed by atoms with Crippen molar-refractivity contribution < 1.29 is 4.79 Å². The number of carbonyl (C=O) groups is 1. The summed E-state index contributed by atoms with van der Waals surface area (Å²) in [7, 11) is 0. The van der Waals surface area contributed by atoms with E-state index < -0.39 is 0 Å². The number of carbonyl (C=O) groups excluding carboxylic acids is 1. The number of hydrogen-bond acceptors (Lipinski definition) is 2. The van der Waals surface area contributed by atoms with Gasteiger partial charge in [0.15, 0.2) is 0 Å². The summed E-state index contributed by atoms with van der Waals surface area (Å²) < 4.78 is 0. The Bertz CT molecular complexity index is 643. The minimum absolute atomic E-state index is 0. The van der Waals surface area contributed by atoms with Crippen molar-refractivity contribution in [2.45, 2.75) is 38.9 Å². The molecular weight excluding hydrogens is 308 g/mol. The van der Waals surface area contributed by atoms with Gasteiger partial charge in [0.05, 0.1) is 0 Å². The van der Waals surface area contributed by atoms with Crippen LogP contribution in [0.4, 0.5) is 0 Å². The predicted octanol–water partition coefficient (Wildman–Crippen LogP) is 3.35. The Kier molecular flexibility index (Phi) is 6.63. The lowest BCUT2D eigenvalue weighted by atomic mass is 10.1. The van der Waals surface area contributed by atoms with E-state index in [-0.39, 0.29) is 18.3 Å². The number of aryl methyl sites for hydroxylation is 1. The van der Waals surface area contributed by atoms with E-state index in [4.69, 9.17) is 0 Å². The van der Waals surface area contributed by atoms with Crippen LogP contribution in [0.2, 0.25) is 0 Å². The van der Waals surface area contributed by atoms with Crippen molar-refractivity contribution in [3.05, 3.63) is 70.8 Å². The molecule has 0 saturated carbocycles. The van der Waals surface area contributed by atoms with Crippen molar-refractivity contribution in [1.82, 2.24) is 10.6 Å². The van der Waals surface area contributed by atoms with E-state index in [0.717, 1.165) is 25.9 Å². The largest absolute Gasteiger partial charge is 0.352 e. The van der Waals surface area contributed by atoms with E-state index in [9.17, 15) is 4.79 Å². The minimum atomic E-state index is 0. The van der Waals surface area contributed by atoms with Gasteiger partial charge in [0.2, 0.25) is 5.91 Å². The van der Waals surface area contributed by atoms with Gasteiger partial charge >= 0.3 is 0 Å². The first kappa shape index (κ1) is 17.5. The number of amides is 1. The van der Waals surface area contributed by atoms with Gasteiger partial charge in [0, 0.05) is 26.1 Å². The monoisotopic (exact) mass is 330 g/mol. The smallest absolute Gasteiger partial charge is 0.220 e. The molecular formula is C19H23ClN2O. The highest BCUT2D eigenvalue weighted by molar-refractivity contribution is 5.85. The summed E-state index contributed by atoms with van der Waals surface area (Å²) in [6.45, 7) is 2.52. The maximum Gasteiger partial charge on any atom is 0.220 e. The van der Waals surface area contributed by atoms with E-state index in [1.807, 2.05) is 18.2 Å². The van der Waals surface area contributed by atoms with Gasteiger partial charge in [0.25, 0.3) is 0 Å². The van der Waals surface area contributed by atoms with Crippen LogP contribution in [-0.2, 0) is 30.8 Å². The summed E-state index contributed by atoms with van der Waals surface area (Å²) in [6.07, 6.45) is 2.43. The third-order valence-electron chi connectivity index (χ3n) is 4.10. The molecule has 0 aromatic heterocycles. The lowest BCUT2D eigenvalue weighted by molar-refractivity contribution is -0.121. The lowest BCUT2D eigenvalue weighted by Crippen LogP contribution is -2.22. The van der Waals surface area contributed by atoms with E-state index >= 15 is 0 Å². The molecule has 122 valence electrons. The third kappa shape index (κ3) is 5.08. The number of nitrogens with one attached hydrogen (secondary N) is 2. The Morgan fingerprint density at radius 3 is 2.61 bits per heavy atom. The number of hydrogen-bond donors (Lipinski definition) is 2. The summed E-state index contributed by atoms with van der Waals surface area (Å²) in [5, 5.41) is 6.35. The molecule has 0 saturated heterocycles. The Labute approximate surface area is 143 Å². The van der Waals surface area contributed by atoms with Gasteiger partial charge in [-0.2, -0.15) is 0 Å². The SMILES string of the molecule is Cl.O=C(CCCc1ccccc1)NCc1ccc2c(c1)CNC2. The van der Waals surface area contributed by atoms with Crippen molar-refractivity contribution in [3.63, 3.8) is 0 Å². The van der Waals surface area contributed by atoms with Crippen molar-refractivity contribution in [2.24, 2.45) is 0 Å². The van der Waals surface area contributed by atoms with E-state index in [2.05, 4.69) is 41.0 Å². The van der Waals surface area contributed by atoms with Crippen LogP contribution in [0.15, 0.2) is 48.5 Å². The summed E-state index contributed by atoms with van der Waals surface area (Å²) >= 11 is 0. The standard InChI is InChI=1S/C19H22N2O.ClH/c22-19(8-4-7-15-5-2-1-3-6-15)21-12-16-9-10-17-13-20-14-18(17)11-16;/h1-3,5-6,9-11,20H,4,7-8,12-14H2,(H,21,22);1H. The van der Waals surface area contributed by atoms with Gasteiger partial charge in [-0.3, -0.25) is 4.79 Å². The second kappa shape index (κ2) is 8.70. The second-order valence-electron chi connectivity index (χ2n) is 5.82. The molecule has 3 nitrogen and oxygen atoms in total. The van der Waals surface area contributed by atoms with E-state index in [0.29, 0.717) is 13.0 Å². The van der Waals surface area contributed by atoms with Crippen LogP contribution in [0.5, 0.6) is 0 Å². The van der Waals surface area contributed by atoms with Crippen molar-refractivity contribution in [3.8, 4) is 0 Å². The summed E-state index contributed by atoms with van der Waals surface area (Å²) in [4.78, 5) is 11.9. The predicted molar refractivity (Wildman–Crippen MR) is 95.5 cm³/mol. The zero-order valence-corrected chi connectivity index (χ0v) is 14.0. The maximum atomic E-state index is 11.9. The minimum Gasteiger partial charge on any atom is -0.352 e. The molecule has 0 aliphatic carbocycles. The molecule has 4 heteroatoms. The first-order valence-corrected chi connectivity index (χ1v) is 7.93. The molecule has 0 unspecified atom stereocenters. The molecule has 23 heavy (non-hydrogen) atoms. The van der Waals surface area contributed by atoms with Crippen LogP contribution in [-0.4, -0.2) is 5.91 Å². The number of benzene rings is 2. The number of fused-ring (bicyclic) bond motifs is 1. The molecule has 2 N–H and O–H groups in total. The van der Waals surface area contributed by atoms with Crippen molar-refractivity contribution in [1.29, 1.82) is 0 Å². The van der Waals surface area contributed by atoms with Gasteiger partial charge < -0.3 is 10.6 Å². The van der Waals surface area contributed by atoms with Crippen molar-refractivity contribution in [2.75, 3.05) is 0 Å². The van der Waals surface area contributed by atoms with Gasteiger partial charge in [0.1, 0.15) is 0 Å². The van der Waals surface area contributed by atoms with Crippen molar-refractivity contribution >= 4 is 18.3 Å². The summed E-state index contributed by atoms with van der Waals surface area (Å²) in [6, 6.07) is 16.8. The quantitative estimate of drug-likeness (QED) is 0.852. The molecule has 0 atom stereocenters. The highest BCUT2D eigenvalue weighted by Gasteiger charge is 2.10. The summed E-state index contributed by atoms with van der Waals surface area (Å²) in [5.74, 6) is 0.134. The van der Waals surface area contributed by atoms with Crippen LogP contribution in [0.1, 0.15) is 35.1 Å². The molecule has 0 bridgehead atoms. The fraction of sp³-hybridized carbons (Fsp3) is 0.316. The second-order valence-corrected chi connectivity index (χ2v) is 5.82. The van der Waals surface area contributed by atoms with E-state index in [1.54, 1.807) is 0 Å². The molecule has 2 aromatic rings. The highest BCUT2D eigenvalue weighted by Crippen LogP contribution is 2.16.